The fourth-order valence-electron chi connectivity index (χ4n) is 1.28. The van der Waals surface area contributed by atoms with E-state index in [1.165, 1.54) is 12.3 Å². The molecule has 0 aliphatic rings. The fourth-order valence-corrected chi connectivity index (χ4v) is 1.59. The summed E-state index contributed by atoms with van der Waals surface area (Å²) in [7, 11) is 0. The molecular formula is C10H15BrN4O2. The first-order chi connectivity index (χ1) is 8.15. The summed E-state index contributed by atoms with van der Waals surface area (Å²) in [5.41, 5.74) is -0.0186. The van der Waals surface area contributed by atoms with Crippen LogP contribution in [0.1, 0.15) is 13.3 Å². The Kier molecular flexibility index (Phi) is 5.85. The molecule has 2 N–H and O–H groups in total. The first-order valence-corrected chi connectivity index (χ1v) is 6.19. The number of hydrogen-bond acceptors (Lipinski definition) is 5. The Hall–Kier alpha value is -1.21. The highest BCUT2D eigenvalue weighted by atomic mass is 79.9. The molecule has 7 heteroatoms. The standard InChI is InChI=1S/C10H15BrN4O2/c1-2-3-12-4-5-13-10-9(15(16)17)6-8(11)7-14-10/h6-7,12H,2-5H2,1H3,(H,13,14). The molecule has 6 nitrogen and oxygen atoms in total. The van der Waals surface area contributed by atoms with Gasteiger partial charge in [0.2, 0.25) is 5.82 Å². The molecule has 0 amide bonds. The molecule has 1 rings (SSSR count). The van der Waals surface area contributed by atoms with E-state index in [4.69, 9.17) is 0 Å². The summed E-state index contributed by atoms with van der Waals surface area (Å²) in [6.45, 7) is 4.39. The number of nitrogens with one attached hydrogen (secondary N) is 2. The molecule has 0 saturated carbocycles. The van der Waals surface area contributed by atoms with E-state index in [0.29, 0.717) is 16.8 Å². The second-order valence-electron chi connectivity index (χ2n) is 3.46. The molecule has 0 bridgehead atoms. The SMILES string of the molecule is CCCNCCNc1ncc(Br)cc1[N+](=O)[O-]. The number of hydrogen-bond donors (Lipinski definition) is 2. The number of nitro groups is 1. The number of halogens is 1. The van der Waals surface area contributed by atoms with Gasteiger partial charge in [0.1, 0.15) is 0 Å². The van der Waals surface area contributed by atoms with Gasteiger partial charge in [-0.05, 0) is 28.9 Å². The Morgan fingerprint density at radius 2 is 2.24 bits per heavy atom. The summed E-state index contributed by atoms with van der Waals surface area (Å²) in [6.07, 6.45) is 2.60. The Bertz CT molecular complexity index is 387. The van der Waals surface area contributed by atoms with E-state index < -0.39 is 4.92 Å². The van der Waals surface area contributed by atoms with Crippen LogP contribution in [0.5, 0.6) is 0 Å². The largest absolute Gasteiger partial charge is 0.363 e. The van der Waals surface area contributed by atoms with Gasteiger partial charge >= 0.3 is 5.69 Å². The van der Waals surface area contributed by atoms with E-state index in [1.54, 1.807) is 0 Å². The molecule has 0 spiro atoms. The summed E-state index contributed by atoms with van der Waals surface area (Å²) in [5, 5.41) is 16.9. The van der Waals surface area contributed by atoms with Crippen LogP contribution in [0.3, 0.4) is 0 Å². The molecule has 0 fully saturated rings. The Labute approximate surface area is 108 Å². The first-order valence-electron chi connectivity index (χ1n) is 5.39. The van der Waals surface area contributed by atoms with Crippen LogP contribution in [0.4, 0.5) is 11.5 Å². The van der Waals surface area contributed by atoms with Gasteiger partial charge in [0.25, 0.3) is 0 Å². The van der Waals surface area contributed by atoms with Crippen molar-refractivity contribution in [2.24, 2.45) is 0 Å². The normalized spacial score (nSPS) is 10.2. The molecule has 17 heavy (non-hydrogen) atoms. The van der Waals surface area contributed by atoms with Gasteiger partial charge in [0.15, 0.2) is 0 Å². The lowest BCUT2D eigenvalue weighted by Gasteiger charge is -2.06. The molecule has 94 valence electrons. The lowest BCUT2D eigenvalue weighted by molar-refractivity contribution is -0.384. The maximum atomic E-state index is 10.8. The maximum Gasteiger partial charge on any atom is 0.312 e. The van der Waals surface area contributed by atoms with Crippen molar-refractivity contribution in [1.29, 1.82) is 0 Å². The average molecular weight is 303 g/mol. The van der Waals surface area contributed by atoms with E-state index in [2.05, 4.69) is 38.5 Å². The summed E-state index contributed by atoms with van der Waals surface area (Å²) in [5.74, 6) is 0.302. The van der Waals surface area contributed by atoms with Gasteiger partial charge in [-0.1, -0.05) is 6.92 Å². The third kappa shape index (κ3) is 4.66. The zero-order valence-electron chi connectivity index (χ0n) is 9.57. The van der Waals surface area contributed by atoms with Crippen molar-refractivity contribution in [2.75, 3.05) is 25.0 Å². The summed E-state index contributed by atoms with van der Waals surface area (Å²) >= 11 is 3.16. The fraction of sp³-hybridized carbons (Fsp3) is 0.500. The number of anilines is 1. The smallest absolute Gasteiger partial charge is 0.312 e. The first kappa shape index (κ1) is 13.9. The monoisotopic (exact) mass is 302 g/mol. The quantitative estimate of drug-likeness (QED) is 0.458. The average Bonchev–Trinajstić information content (AvgIpc) is 2.30. The molecule has 0 aromatic carbocycles. The number of rotatable bonds is 7. The second-order valence-corrected chi connectivity index (χ2v) is 4.37. The summed E-state index contributed by atoms with van der Waals surface area (Å²) in [6, 6.07) is 1.44. The van der Waals surface area contributed by atoms with Gasteiger partial charge in [-0.3, -0.25) is 10.1 Å². The van der Waals surface area contributed by atoms with Gasteiger partial charge in [0.05, 0.1) is 4.92 Å². The lowest BCUT2D eigenvalue weighted by Crippen LogP contribution is -2.23. The molecule has 0 saturated heterocycles. The molecule has 1 aromatic rings. The van der Waals surface area contributed by atoms with E-state index in [9.17, 15) is 10.1 Å². The Morgan fingerprint density at radius 1 is 1.47 bits per heavy atom. The van der Waals surface area contributed by atoms with Crippen molar-refractivity contribution in [2.45, 2.75) is 13.3 Å². The molecule has 0 aliphatic heterocycles. The number of nitrogens with zero attached hydrogens (tertiary/aromatic N) is 2. The number of pyridine rings is 1. The third-order valence-corrected chi connectivity index (χ3v) is 2.49. The van der Waals surface area contributed by atoms with E-state index in [1.807, 2.05) is 0 Å². The van der Waals surface area contributed by atoms with Crippen LogP contribution >= 0.6 is 15.9 Å². The molecule has 0 radical (unpaired) electrons. The van der Waals surface area contributed by atoms with Crippen LogP contribution in [0.25, 0.3) is 0 Å². The van der Waals surface area contributed by atoms with Crippen LogP contribution in [-0.2, 0) is 0 Å². The molecule has 1 aromatic heterocycles. The van der Waals surface area contributed by atoms with E-state index >= 15 is 0 Å². The predicted molar refractivity (Wildman–Crippen MR) is 70.2 cm³/mol. The Balaban J connectivity index is 2.55. The van der Waals surface area contributed by atoms with Crippen molar-refractivity contribution < 1.29 is 4.92 Å². The van der Waals surface area contributed by atoms with Crippen molar-refractivity contribution >= 4 is 27.4 Å². The van der Waals surface area contributed by atoms with Gasteiger partial charge in [-0.25, -0.2) is 4.98 Å². The predicted octanol–water partition coefficient (Wildman–Crippen LogP) is 2.16. The second kappa shape index (κ2) is 7.18. The molecule has 0 atom stereocenters. The minimum absolute atomic E-state index is 0.0186. The van der Waals surface area contributed by atoms with Crippen molar-refractivity contribution in [3.8, 4) is 0 Å². The number of aromatic nitrogens is 1. The van der Waals surface area contributed by atoms with Crippen molar-refractivity contribution in [3.05, 3.63) is 26.9 Å². The highest BCUT2D eigenvalue weighted by Gasteiger charge is 2.14. The van der Waals surface area contributed by atoms with Gasteiger partial charge in [-0.15, -0.1) is 0 Å². The zero-order valence-corrected chi connectivity index (χ0v) is 11.2. The third-order valence-electron chi connectivity index (χ3n) is 2.05. The lowest BCUT2D eigenvalue weighted by atomic mass is 10.4. The summed E-state index contributed by atoms with van der Waals surface area (Å²) < 4.78 is 0.596. The van der Waals surface area contributed by atoms with Crippen molar-refractivity contribution in [3.63, 3.8) is 0 Å². The van der Waals surface area contributed by atoms with Crippen LogP contribution in [0.2, 0.25) is 0 Å². The highest BCUT2D eigenvalue weighted by molar-refractivity contribution is 9.10. The van der Waals surface area contributed by atoms with Gasteiger partial charge in [0, 0.05) is 29.8 Å². The molecule has 1 heterocycles. The van der Waals surface area contributed by atoms with Crippen LogP contribution in [0.15, 0.2) is 16.7 Å². The van der Waals surface area contributed by atoms with Crippen molar-refractivity contribution in [1.82, 2.24) is 10.3 Å². The molecular weight excluding hydrogens is 288 g/mol. The maximum absolute atomic E-state index is 10.8. The zero-order chi connectivity index (χ0) is 12.7. The highest BCUT2D eigenvalue weighted by Crippen LogP contribution is 2.24. The van der Waals surface area contributed by atoms with E-state index in [0.717, 1.165) is 19.5 Å². The minimum atomic E-state index is -0.445. The van der Waals surface area contributed by atoms with Gasteiger partial charge in [-0.2, -0.15) is 0 Å². The van der Waals surface area contributed by atoms with Crippen LogP contribution < -0.4 is 10.6 Å². The Morgan fingerprint density at radius 3 is 2.88 bits per heavy atom. The van der Waals surface area contributed by atoms with Crippen LogP contribution in [0, 0.1) is 10.1 Å². The molecule has 0 unspecified atom stereocenters. The van der Waals surface area contributed by atoms with E-state index in [-0.39, 0.29) is 5.69 Å². The molecule has 0 aliphatic carbocycles. The van der Waals surface area contributed by atoms with Crippen LogP contribution in [-0.4, -0.2) is 29.5 Å². The minimum Gasteiger partial charge on any atom is -0.363 e. The van der Waals surface area contributed by atoms with Gasteiger partial charge < -0.3 is 10.6 Å². The topological polar surface area (TPSA) is 80.1 Å². The summed E-state index contributed by atoms with van der Waals surface area (Å²) in [4.78, 5) is 14.3.